The van der Waals surface area contributed by atoms with Crippen LogP contribution >= 0.6 is 0 Å². The maximum atomic E-state index is 13.0. The lowest BCUT2D eigenvalue weighted by atomic mass is 10.0. The number of aromatic amines is 1. The summed E-state index contributed by atoms with van der Waals surface area (Å²) in [6.07, 6.45) is 1.05. The minimum absolute atomic E-state index is 0.0141. The highest BCUT2D eigenvalue weighted by atomic mass is 16.4. The van der Waals surface area contributed by atoms with Crippen LogP contribution in [-0.2, 0) is 30.4 Å². The average Bonchev–Trinajstić information content (AvgIpc) is 3.18. The Hall–Kier alpha value is -3.97. The summed E-state index contributed by atoms with van der Waals surface area (Å²) in [6, 6.07) is 3.25. The molecular weight excluding hydrogens is 436 g/mol. The Morgan fingerprint density at radius 2 is 1.67 bits per heavy atom. The van der Waals surface area contributed by atoms with E-state index in [4.69, 9.17) is 21.7 Å². The van der Waals surface area contributed by atoms with E-state index in [0.29, 0.717) is 5.56 Å². The summed E-state index contributed by atoms with van der Waals surface area (Å²) in [5, 5.41) is 25.5. The number of carbonyl (C=O) groups is 5. The Labute approximate surface area is 187 Å². The minimum atomic E-state index is -1.47. The minimum Gasteiger partial charge on any atom is -0.480 e. The zero-order valence-corrected chi connectivity index (χ0v) is 17.5. The van der Waals surface area contributed by atoms with E-state index in [9.17, 15) is 24.0 Å². The Morgan fingerprint density at radius 3 is 2.30 bits per heavy atom. The number of nitrogens with two attached hydrogens (primary N) is 2. The molecule has 0 aliphatic rings. The second-order valence-corrected chi connectivity index (χ2v) is 7.26. The van der Waals surface area contributed by atoms with Gasteiger partial charge in [-0.25, -0.2) is 0 Å². The zero-order chi connectivity index (χ0) is 24.5. The quantitative estimate of drug-likeness (QED) is 0.162. The third kappa shape index (κ3) is 7.29. The van der Waals surface area contributed by atoms with Gasteiger partial charge in [-0.15, -0.1) is 0 Å². The highest BCUT2D eigenvalue weighted by Crippen LogP contribution is 2.19. The number of carboxylic acid groups (broad SMARTS) is 1. The van der Waals surface area contributed by atoms with Crippen molar-refractivity contribution in [3.63, 3.8) is 0 Å². The van der Waals surface area contributed by atoms with Crippen molar-refractivity contribution < 1.29 is 34.2 Å². The van der Waals surface area contributed by atoms with E-state index in [-0.39, 0.29) is 6.42 Å². The van der Waals surface area contributed by atoms with E-state index in [1.165, 1.54) is 0 Å². The molecule has 13 nitrogen and oxygen atoms in total. The normalized spacial score (nSPS) is 13.5. The Morgan fingerprint density at radius 1 is 1.00 bits per heavy atom. The van der Waals surface area contributed by atoms with E-state index in [1.54, 1.807) is 12.3 Å². The summed E-state index contributed by atoms with van der Waals surface area (Å²) in [5.41, 5.74) is 12.1. The predicted octanol–water partition coefficient (Wildman–Crippen LogP) is -2.92. The van der Waals surface area contributed by atoms with Gasteiger partial charge in [-0.1, -0.05) is 18.2 Å². The topological polar surface area (TPSA) is 230 Å². The summed E-state index contributed by atoms with van der Waals surface area (Å²) in [6.45, 7) is -1.39. The first-order valence-corrected chi connectivity index (χ1v) is 9.92. The van der Waals surface area contributed by atoms with Crippen molar-refractivity contribution in [3.05, 3.63) is 36.0 Å². The molecule has 1 aromatic carbocycles. The number of carboxylic acids is 1. The van der Waals surface area contributed by atoms with Gasteiger partial charge in [0, 0.05) is 23.5 Å². The van der Waals surface area contributed by atoms with E-state index >= 15 is 0 Å². The van der Waals surface area contributed by atoms with Gasteiger partial charge in [-0.3, -0.25) is 24.0 Å². The van der Waals surface area contributed by atoms with E-state index in [0.717, 1.165) is 10.9 Å². The molecule has 0 saturated heterocycles. The van der Waals surface area contributed by atoms with Gasteiger partial charge in [-0.05, 0) is 11.6 Å². The van der Waals surface area contributed by atoms with Crippen LogP contribution in [0.15, 0.2) is 30.5 Å². The van der Waals surface area contributed by atoms with Crippen molar-refractivity contribution in [1.82, 2.24) is 20.9 Å². The van der Waals surface area contributed by atoms with Crippen LogP contribution in [0.3, 0.4) is 0 Å². The van der Waals surface area contributed by atoms with Gasteiger partial charge in [0.1, 0.15) is 24.7 Å². The lowest BCUT2D eigenvalue weighted by Crippen LogP contribution is -2.57. The number of primary amides is 1. The summed E-state index contributed by atoms with van der Waals surface area (Å²) in [5.74, 6) is -4.82. The molecule has 3 unspecified atom stereocenters. The maximum Gasteiger partial charge on any atom is 0.322 e. The summed E-state index contributed by atoms with van der Waals surface area (Å²) in [7, 11) is 0. The summed E-state index contributed by atoms with van der Waals surface area (Å²) in [4.78, 5) is 62.6. The zero-order valence-electron chi connectivity index (χ0n) is 17.5. The number of aliphatic carboxylic acids is 1. The molecule has 0 saturated carbocycles. The number of amides is 4. The third-order valence-corrected chi connectivity index (χ3v) is 4.72. The van der Waals surface area contributed by atoms with E-state index in [2.05, 4.69) is 20.9 Å². The van der Waals surface area contributed by atoms with Gasteiger partial charge in [0.2, 0.25) is 23.6 Å². The average molecular weight is 462 g/mol. The molecule has 0 fully saturated rings. The van der Waals surface area contributed by atoms with Crippen molar-refractivity contribution in [3.8, 4) is 0 Å². The molecular formula is C20H26N6O7. The number of nitrogens with one attached hydrogen (secondary N) is 4. The van der Waals surface area contributed by atoms with Gasteiger partial charge in [0.05, 0.1) is 13.0 Å². The molecule has 0 spiro atoms. The molecule has 0 aliphatic heterocycles. The number of rotatable bonds is 12. The monoisotopic (exact) mass is 462 g/mol. The first kappa shape index (κ1) is 25.3. The lowest BCUT2D eigenvalue weighted by Gasteiger charge is -2.23. The number of carbonyl (C=O) groups excluding carboxylic acids is 4. The predicted molar refractivity (Wildman–Crippen MR) is 115 cm³/mol. The number of hydrogen-bond donors (Lipinski definition) is 8. The first-order valence-electron chi connectivity index (χ1n) is 9.92. The van der Waals surface area contributed by atoms with Gasteiger partial charge in [0.15, 0.2) is 0 Å². The second kappa shape index (κ2) is 11.6. The number of aromatic nitrogens is 1. The van der Waals surface area contributed by atoms with E-state index in [1.807, 2.05) is 18.2 Å². The third-order valence-electron chi connectivity index (χ3n) is 4.72. The SMILES string of the molecule is NC(=O)CC(NC(=O)C(Cc1c[nH]c2ccccc12)NC(=O)C(N)CO)C(=O)NCC(=O)O. The molecule has 33 heavy (non-hydrogen) atoms. The largest absolute Gasteiger partial charge is 0.480 e. The molecule has 178 valence electrons. The molecule has 2 rings (SSSR count). The number of aliphatic hydroxyl groups is 1. The van der Waals surface area contributed by atoms with Crippen LogP contribution in [0.2, 0.25) is 0 Å². The van der Waals surface area contributed by atoms with Crippen LogP contribution in [0.4, 0.5) is 0 Å². The second-order valence-electron chi connectivity index (χ2n) is 7.26. The number of fused-ring (bicyclic) bond motifs is 1. The number of para-hydroxylation sites is 1. The van der Waals surface area contributed by atoms with Gasteiger partial charge < -0.3 is 42.6 Å². The van der Waals surface area contributed by atoms with Gasteiger partial charge >= 0.3 is 5.97 Å². The van der Waals surface area contributed by atoms with Crippen molar-refractivity contribution in [2.24, 2.45) is 11.5 Å². The van der Waals surface area contributed by atoms with Gasteiger partial charge in [0.25, 0.3) is 0 Å². The number of H-pyrrole nitrogens is 1. The van der Waals surface area contributed by atoms with Crippen LogP contribution in [0.5, 0.6) is 0 Å². The molecule has 1 aromatic heterocycles. The molecule has 4 amide bonds. The molecule has 0 radical (unpaired) electrons. The standard InChI is InChI=1S/C20H26N6O7/c21-12(9-27)18(31)25-14(5-10-7-23-13-4-2-1-3-11(10)13)20(33)26-15(6-16(22)28)19(32)24-8-17(29)30/h1-4,7,12,14-15,23,27H,5-6,8-9,21H2,(H2,22,28)(H,24,32)(H,25,31)(H,26,33)(H,29,30). The first-order chi connectivity index (χ1) is 15.6. The fourth-order valence-electron chi connectivity index (χ4n) is 3.06. The van der Waals surface area contributed by atoms with Crippen molar-refractivity contribution >= 4 is 40.5 Å². The summed E-state index contributed by atoms with van der Waals surface area (Å²) < 4.78 is 0. The van der Waals surface area contributed by atoms with Crippen LogP contribution in [-0.4, -0.2) is 76.1 Å². The number of hydrogen-bond acceptors (Lipinski definition) is 7. The van der Waals surface area contributed by atoms with Crippen LogP contribution < -0.4 is 27.4 Å². The smallest absolute Gasteiger partial charge is 0.322 e. The van der Waals surface area contributed by atoms with Crippen LogP contribution in [0.1, 0.15) is 12.0 Å². The van der Waals surface area contributed by atoms with Crippen molar-refractivity contribution in [1.29, 1.82) is 0 Å². The Kier molecular flexibility index (Phi) is 8.89. The van der Waals surface area contributed by atoms with Gasteiger partial charge in [-0.2, -0.15) is 0 Å². The fraction of sp³-hybridized carbons (Fsp3) is 0.350. The van der Waals surface area contributed by atoms with Crippen molar-refractivity contribution in [2.75, 3.05) is 13.2 Å². The van der Waals surface area contributed by atoms with Crippen LogP contribution in [0.25, 0.3) is 10.9 Å². The highest BCUT2D eigenvalue weighted by molar-refractivity contribution is 5.96. The fourth-order valence-corrected chi connectivity index (χ4v) is 3.06. The maximum absolute atomic E-state index is 13.0. The Bertz CT molecular complexity index is 1040. The van der Waals surface area contributed by atoms with Crippen molar-refractivity contribution in [2.45, 2.75) is 31.0 Å². The number of aliphatic hydroxyl groups excluding tert-OH is 1. The molecule has 2 aromatic rings. The number of benzene rings is 1. The van der Waals surface area contributed by atoms with E-state index < -0.39 is 67.3 Å². The van der Waals surface area contributed by atoms with Crippen LogP contribution in [0, 0.1) is 0 Å². The Balaban J connectivity index is 2.26. The molecule has 10 N–H and O–H groups in total. The molecule has 1 heterocycles. The molecule has 0 aliphatic carbocycles. The summed E-state index contributed by atoms with van der Waals surface area (Å²) >= 11 is 0. The molecule has 0 bridgehead atoms. The molecule has 3 atom stereocenters. The highest BCUT2D eigenvalue weighted by Gasteiger charge is 2.30. The molecule has 13 heteroatoms. The lowest BCUT2D eigenvalue weighted by molar-refractivity contribution is -0.138.